The summed E-state index contributed by atoms with van der Waals surface area (Å²) in [5.41, 5.74) is 5.05. The van der Waals surface area contributed by atoms with Gasteiger partial charge in [0.1, 0.15) is 5.54 Å². The number of aliphatic carboxylic acids is 1. The van der Waals surface area contributed by atoms with E-state index in [1.807, 2.05) is 0 Å². The zero-order chi connectivity index (χ0) is 14.5. The predicted octanol–water partition coefficient (Wildman–Crippen LogP) is 2.61. The first-order valence-electron chi connectivity index (χ1n) is 7.68. The smallest absolute Gasteiger partial charge is 0.323 e. The molecule has 4 nitrogen and oxygen atoms in total. The summed E-state index contributed by atoms with van der Waals surface area (Å²) in [5.74, 6) is -0.838. The molecule has 2 unspecified atom stereocenters. The Kier molecular flexibility index (Phi) is 6.27. The van der Waals surface area contributed by atoms with Crippen LogP contribution < -0.4 is 5.73 Å². The zero-order valence-electron chi connectivity index (χ0n) is 12.7. The molecule has 0 amide bonds. The molecule has 0 saturated heterocycles. The van der Waals surface area contributed by atoms with Crippen molar-refractivity contribution in [2.24, 2.45) is 5.73 Å². The molecule has 112 valence electrons. The summed E-state index contributed by atoms with van der Waals surface area (Å²) in [5, 5.41) is 9.31. The van der Waals surface area contributed by atoms with Gasteiger partial charge in [-0.1, -0.05) is 19.8 Å². The summed E-state index contributed by atoms with van der Waals surface area (Å²) in [6.07, 6.45) is 6.85. The summed E-state index contributed by atoms with van der Waals surface area (Å²) in [6, 6.07) is 0.782. The molecule has 1 aliphatic rings. The van der Waals surface area contributed by atoms with E-state index < -0.39 is 11.5 Å². The van der Waals surface area contributed by atoms with Crippen molar-refractivity contribution in [2.75, 3.05) is 6.54 Å². The molecule has 1 rings (SSSR count). The quantitative estimate of drug-likeness (QED) is 0.698. The summed E-state index contributed by atoms with van der Waals surface area (Å²) >= 11 is 0. The highest BCUT2D eigenvalue weighted by molar-refractivity contribution is 5.78. The predicted molar refractivity (Wildman–Crippen MR) is 78.2 cm³/mol. The second kappa shape index (κ2) is 7.25. The Hall–Kier alpha value is -0.610. The van der Waals surface area contributed by atoms with Crippen LogP contribution >= 0.6 is 0 Å². The van der Waals surface area contributed by atoms with E-state index in [-0.39, 0.29) is 0 Å². The van der Waals surface area contributed by atoms with Crippen molar-refractivity contribution >= 4 is 5.97 Å². The van der Waals surface area contributed by atoms with E-state index in [9.17, 15) is 9.90 Å². The lowest BCUT2D eigenvalue weighted by molar-refractivity contribution is -0.145. The van der Waals surface area contributed by atoms with Gasteiger partial charge in [-0.15, -0.1) is 0 Å². The molecule has 0 bridgehead atoms. The van der Waals surface area contributed by atoms with E-state index in [4.69, 9.17) is 5.73 Å². The van der Waals surface area contributed by atoms with Gasteiger partial charge >= 0.3 is 5.97 Å². The van der Waals surface area contributed by atoms with Crippen LogP contribution in [-0.4, -0.2) is 40.1 Å². The minimum atomic E-state index is -1.01. The third-order valence-electron chi connectivity index (χ3n) is 4.34. The first-order chi connectivity index (χ1) is 8.90. The molecular formula is C15H30N2O2. The lowest BCUT2D eigenvalue weighted by Gasteiger charge is -2.42. The van der Waals surface area contributed by atoms with Gasteiger partial charge in [0, 0.05) is 12.1 Å². The Morgan fingerprint density at radius 3 is 2.68 bits per heavy atom. The molecular weight excluding hydrogens is 240 g/mol. The molecule has 1 saturated carbocycles. The van der Waals surface area contributed by atoms with Crippen LogP contribution in [0.15, 0.2) is 0 Å². The van der Waals surface area contributed by atoms with Gasteiger partial charge in [0.15, 0.2) is 0 Å². The Bertz CT molecular complexity index is 294. The van der Waals surface area contributed by atoms with Gasteiger partial charge in [0.05, 0.1) is 0 Å². The van der Waals surface area contributed by atoms with E-state index in [1.165, 1.54) is 19.3 Å². The topological polar surface area (TPSA) is 66.6 Å². The standard InChI is InChI=1S/C15H30N2O2/c1-4-5-6-10-17(12(2)3)13-8-7-9-15(16,11-13)14(18)19/h12-13H,4-11,16H2,1-3H3,(H,18,19). The fourth-order valence-corrected chi connectivity index (χ4v) is 3.16. The maximum Gasteiger partial charge on any atom is 0.323 e. The first kappa shape index (κ1) is 16.4. The zero-order valence-corrected chi connectivity index (χ0v) is 12.7. The minimum absolute atomic E-state index is 0.326. The molecule has 1 aliphatic carbocycles. The molecule has 0 aromatic heterocycles. The molecule has 0 aromatic carbocycles. The number of carboxylic acid groups (broad SMARTS) is 1. The lowest BCUT2D eigenvalue weighted by atomic mass is 9.79. The molecule has 0 aliphatic heterocycles. The van der Waals surface area contributed by atoms with Crippen LogP contribution in [0.2, 0.25) is 0 Å². The maximum absolute atomic E-state index is 11.3. The molecule has 4 heteroatoms. The third-order valence-corrected chi connectivity index (χ3v) is 4.34. The van der Waals surface area contributed by atoms with Crippen LogP contribution in [0.1, 0.15) is 65.7 Å². The summed E-state index contributed by atoms with van der Waals surface area (Å²) in [4.78, 5) is 13.8. The summed E-state index contributed by atoms with van der Waals surface area (Å²) in [7, 11) is 0. The van der Waals surface area contributed by atoms with Gasteiger partial charge in [0.25, 0.3) is 0 Å². The van der Waals surface area contributed by atoms with E-state index >= 15 is 0 Å². The van der Waals surface area contributed by atoms with E-state index in [1.54, 1.807) is 0 Å². The van der Waals surface area contributed by atoms with Crippen LogP contribution in [0.5, 0.6) is 0 Å². The molecule has 19 heavy (non-hydrogen) atoms. The van der Waals surface area contributed by atoms with Crippen molar-refractivity contribution in [3.8, 4) is 0 Å². The second-order valence-electron chi connectivity index (χ2n) is 6.25. The largest absolute Gasteiger partial charge is 0.480 e. The van der Waals surface area contributed by atoms with Crippen molar-refractivity contribution in [1.82, 2.24) is 4.90 Å². The summed E-state index contributed by atoms with van der Waals surface area (Å²) in [6.45, 7) is 7.65. The second-order valence-corrected chi connectivity index (χ2v) is 6.25. The lowest BCUT2D eigenvalue weighted by Crippen LogP contribution is -2.56. The highest BCUT2D eigenvalue weighted by Gasteiger charge is 2.41. The van der Waals surface area contributed by atoms with Crippen LogP contribution in [-0.2, 0) is 4.79 Å². The number of hydrogen-bond donors (Lipinski definition) is 2. The monoisotopic (exact) mass is 270 g/mol. The maximum atomic E-state index is 11.3. The number of carbonyl (C=O) groups is 1. The minimum Gasteiger partial charge on any atom is -0.480 e. The van der Waals surface area contributed by atoms with Gasteiger partial charge in [0.2, 0.25) is 0 Å². The van der Waals surface area contributed by atoms with Crippen molar-refractivity contribution in [1.29, 1.82) is 0 Å². The first-order valence-corrected chi connectivity index (χ1v) is 7.68. The van der Waals surface area contributed by atoms with Crippen LogP contribution in [0.3, 0.4) is 0 Å². The SMILES string of the molecule is CCCCCN(C(C)C)C1CCCC(N)(C(=O)O)C1. The van der Waals surface area contributed by atoms with Crippen molar-refractivity contribution in [3.63, 3.8) is 0 Å². The number of hydrogen-bond acceptors (Lipinski definition) is 3. The molecule has 0 aromatic rings. The number of carboxylic acids is 1. The average molecular weight is 270 g/mol. The molecule has 0 heterocycles. The number of unbranched alkanes of at least 4 members (excludes halogenated alkanes) is 2. The number of nitrogens with zero attached hydrogens (tertiary/aromatic N) is 1. The highest BCUT2D eigenvalue weighted by Crippen LogP contribution is 2.31. The Labute approximate surface area is 117 Å². The fourth-order valence-electron chi connectivity index (χ4n) is 3.16. The summed E-state index contributed by atoms with van der Waals surface area (Å²) < 4.78 is 0. The van der Waals surface area contributed by atoms with Gasteiger partial charge in [-0.05, 0) is 52.5 Å². The Morgan fingerprint density at radius 2 is 2.16 bits per heavy atom. The Morgan fingerprint density at radius 1 is 1.47 bits per heavy atom. The van der Waals surface area contributed by atoms with E-state index in [2.05, 4.69) is 25.7 Å². The van der Waals surface area contributed by atoms with Crippen LogP contribution in [0.4, 0.5) is 0 Å². The van der Waals surface area contributed by atoms with E-state index in [0.29, 0.717) is 24.9 Å². The molecule has 3 N–H and O–H groups in total. The van der Waals surface area contributed by atoms with Crippen LogP contribution in [0.25, 0.3) is 0 Å². The van der Waals surface area contributed by atoms with Gasteiger partial charge < -0.3 is 10.8 Å². The highest BCUT2D eigenvalue weighted by atomic mass is 16.4. The fraction of sp³-hybridized carbons (Fsp3) is 0.933. The van der Waals surface area contributed by atoms with Gasteiger partial charge in [-0.2, -0.15) is 0 Å². The molecule has 0 radical (unpaired) electrons. The molecule has 1 fully saturated rings. The van der Waals surface area contributed by atoms with Crippen molar-refractivity contribution in [3.05, 3.63) is 0 Å². The number of nitrogens with two attached hydrogens (primary N) is 1. The molecule has 0 spiro atoms. The van der Waals surface area contributed by atoms with Crippen molar-refractivity contribution < 1.29 is 9.90 Å². The van der Waals surface area contributed by atoms with Gasteiger partial charge in [-0.25, -0.2) is 0 Å². The third kappa shape index (κ3) is 4.46. The van der Waals surface area contributed by atoms with Crippen molar-refractivity contribution in [2.45, 2.75) is 83.3 Å². The van der Waals surface area contributed by atoms with Crippen LogP contribution in [0, 0.1) is 0 Å². The Balaban J connectivity index is 2.65. The van der Waals surface area contributed by atoms with Gasteiger partial charge in [-0.3, -0.25) is 9.69 Å². The normalized spacial score (nSPS) is 28.0. The number of rotatable bonds is 7. The molecule has 2 atom stereocenters. The average Bonchev–Trinajstić information content (AvgIpc) is 2.34. The van der Waals surface area contributed by atoms with E-state index in [0.717, 1.165) is 19.4 Å².